The molecule has 0 saturated carbocycles. The quantitative estimate of drug-likeness (QED) is 0.0242. The molecule has 4 aromatic carbocycles. The predicted octanol–water partition coefficient (Wildman–Crippen LogP) is 15.6. The number of hydrogen-bond donors (Lipinski definition) is 5. The number of hydrazine groups is 1. The molecule has 80 heavy (non-hydrogen) atoms. The first-order chi connectivity index (χ1) is 36.4. The van der Waals surface area contributed by atoms with Crippen LogP contribution in [0.3, 0.4) is 0 Å². The van der Waals surface area contributed by atoms with Crippen molar-refractivity contribution in [1.29, 1.82) is 0 Å². The van der Waals surface area contributed by atoms with Gasteiger partial charge in [-0.05, 0) is 140 Å². The molecule has 4 atom stereocenters. The number of hydrogen-bond acceptors (Lipinski definition) is 8. The minimum atomic E-state index is -2.26. The lowest BCUT2D eigenvalue weighted by molar-refractivity contribution is -0.129. The number of carbonyl (C=O) groups is 4. The van der Waals surface area contributed by atoms with E-state index < -0.39 is 83.0 Å². The van der Waals surface area contributed by atoms with Gasteiger partial charge < -0.3 is 24.4 Å². The van der Waals surface area contributed by atoms with Crippen LogP contribution in [0, 0.1) is 50.5 Å². The van der Waals surface area contributed by atoms with Crippen LogP contribution in [0.1, 0.15) is 119 Å². The molecule has 438 valence electrons. The SMILES string of the molecule is CC(C)(C)[Si](C)(C)Cl.[C-]#[N+]c1ccc(C[C@@H](C(=O)NCC(=O)c2ccc(O[Si](C)(C)C(C)(C)C)c(F)c2)[C@H](C)O[Si](C)(C)C(C)(C)C)c(C)c1Cl.[C-]#[N+]c1ccc(C[C@@H](C(=O)NNC(=O)c2ccc(O)c(F)c2)[C@H](C)O)c(C)c1Cl. The van der Waals surface area contributed by atoms with Gasteiger partial charge in [0.2, 0.25) is 23.2 Å². The Bertz CT molecular complexity index is 2940. The van der Waals surface area contributed by atoms with Crippen molar-refractivity contribution in [2.24, 2.45) is 11.8 Å². The van der Waals surface area contributed by atoms with Gasteiger partial charge in [-0.15, -0.1) is 0 Å². The number of amides is 3. The van der Waals surface area contributed by atoms with Crippen LogP contribution in [-0.4, -0.2) is 76.5 Å². The van der Waals surface area contributed by atoms with E-state index in [4.69, 9.17) is 61.4 Å². The number of aliphatic hydroxyl groups is 1. The largest absolute Gasteiger partial charge is 0.542 e. The molecule has 0 heterocycles. The molecule has 21 heteroatoms. The molecule has 0 aromatic heterocycles. The summed E-state index contributed by atoms with van der Waals surface area (Å²) in [4.78, 5) is 58.0. The number of carbonyl (C=O) groups excluding carboxylic acids is 4. The minimum absolute atomic E-state index is 0.0701. The van der Waals surface area contributed by atoms with Gasteiger partial charge in [0.15, 0.2) is 38.9 Å². The highest BCUT2D eigenvalue weighted by molar-refractivity contribution is 7.20. The first-order valence-electron chi connectivity index (χ1n) is 26.2. The molecule has 0 aliphatic carbocycles. The maximum absolute atomic E-state index is 15.0. The van der Waals surface area contributed by atoms with Gasteiger partial charge in [0.25, 0.3) is 14.2 Å². The fourth-order valence-electron chi connectivity index (χ4n) is 6.71. The summed E-state index contributed by atoms with van der Waals surface area (Å²) < 4.78 is 41.1. The van der Waals surface area contributed by atoms with E-state index in [1.807, 2.05) is 33.0 Å². The normalized spacial score (nSPS) is 13.5. The molecule has 0 fully saturated rings. The highest BCUT2D eigenvalue weighted by atomic mass is 35.6. The van der Waals surface area contributed by atoms with Gasteiger partial charge in [0.1, 0.15) is 5.75 Å². The van der Waals surface area contributed by atoms with Crippen molar-refractivity contribution in [3.63, 3.8) is 0 Å². The first-order valence-corrected chi connectivity index (χ1v) is 36.7. The number of phenolic OH excluding ortho intramolecular Hbond substituents is 1. The van der Waals surface area contributed by atoms with Crippen molar-refractivity contribution in [2.75, 3.05) is 6.54 Å². The van der Waals surface area contributed by atoms with E-state index in [1.165, 1.54) is 37.3 Å². The molecule has 5 N–H and O–H groups in total. The third kappa shape index (κ3) is 19.8. The van der Waals surface area contributed by atoms with Crippen LogP contribution in [0.15, 0.2) is 60.7 Å². The van der Waals surface area contributed by atoms with Crippen molar-refractivity contribution in [1.82, 2.24) is 16.2 Å². The number of rotatable bonds is 16. The standard InChI is InChI=1S/C33H48ClFN2O4Si2.C20H19ClFN3O4.C6H15ClSi/c1-21-23(14-16-27(36-9)30(21)34)18-25(22(2)40-42(10,11)32(3,4)5)31(39)37-20-28(38)24-15-17-29(26(35)19-24)41-43(12,13)33(6,7)8;1-10-12(4-6-16(23-3)18(10)21)8-14(11(2)26)20(29)25-24-19(28)13-5-7-17(27)15(22)9-13;1-6(2,3)8(4,5)7/h14-17,19,22,25H,18,20H2,1-8,10-13H3,(H,37,39);4-7,9,11,14,26-27H,8H2,1-2H3,(H,24,28)(H,25,29);1-5H3/t22-,25+;11-,14+;/m00./s1. The maximum Gasteiger partial charge on any atom is 0.269 e. The van der Waals surface area contributed by atoms with Gasteiger partial charge in [-0.1, -0.05) is 123 Å². The fraction of sp³-hybridized carbons (Fsp3) is 0.492. The second-order valence-corrected chi connectivity index (χ2v) is 42.0. The predicted molar refractivity (Wildman–Crippen MR) is 327 cm³/mol. The third-order valence-electron chi connectivity index (χ3n) is 15.3. The van der Waals surface area contributed by atoms with Crippen LogP contribution in [0.2, 0.25) is 64.4 Å². The lowest BCUT2D eigenvalue weighted by Crippen LogP contribution is -2.48. The molecule has 0 aliphatic heterocycles. The molecule has 3 amide bonds. The minimum Gasteiger partial charge on any atom is -0.542 e. The lowest BCUT2D eigenvalue weighted by Gasteiger charge is -2.40. The van der Waals surface area contributed by atoms with E-state index in [1.54, 1.807) is 19.1 Å². The van der Waals surface area contributed by atoms with Crippen LogP contribution < -0.4 is 20.6 Å². The van der Waals surface area contributed by atoms with E-state index in [9.17, 15) is 33.1 Å². The lowest BCUT2D eigenvalue weighted by atomic mass is 9.91. The Morgan fingerprint density at radius 3 is 1.52 bits per heavy atom. The average molecular weight is 1220 g/mol. The fourth-order valence-corrected chi connectivity index (χ4v) is 9.63. The molecule has 4 aromatic rings. The first kappa shape index (κ1) is 70.9. The summed E-state index contributed by atoms with van der Waals surface area (Å²) in [7, 11) is -5.89. The number of ketones is 1. The van der Waals surface area contributed by atoms with E-state index in [0.717, 1.165) is 23.3 Å². The molecule has 0 bridgehead atoms. The topological polar surface area (TPSA) is 172 Å². The Hall–Kier alpha value is -5.16. The summed E-state index contributed by atoms with van der Waals surface area (Å²) in [6, 6.07) is 13.9. The third-order valence-corrected chi connectivity index (χ3v) is 30.5. The zero-order chi connectivity index (χ0) is 61.8. The summed E-state index contributed by atoms with van der Waals surface area (Å²) in [5, 5.41) is 22.8. The Labute approximate surface area is 491 Å². The van der Waals surface area contributed by atoms with Crippen molar-refractivity contribution in [2.45, 2.75) is 169 Å². The Kier molecular flexibility index (Phi) is 25.5. The number of phenols is 1. The van der Waals surface area contributed by atoms with Gasteiger partial charge in [0, 0.05) is 11.1 Å². The smallest absolute Gasteiger partial charge is 0.269 e. The van der Waals surface area contributed by atoms with Gasteiger partial charge in [-0.3, -0.25) is 30.0 Å². The second kappa shape index (κ2) is 28.7. The van der Waals surface area contributed by atoms with E-state index >= 15 is 0 Å². The van der Waals surface area contributed by atoms with Crippen LogP contribution in [0.5, 0.6) is 11.5 Å². The molecule has 0 radical (unpaired) electrons. The molecule has 13 nitrogen and oxygen atoms in total. The zero-order valence-electron chi connectivity index (χ0n) is 49.8. The number of aliphatic hydroxyl groups excluding tert-OH is 1. The Morgan fingerprint density at radius 2 is 1.11 bits per heavy atom. The van der Waals surface area contributed by atoms with Crippen molar-refractivity contribution < 1.29 is 47.0 Å². The summed E-state index contributed by atoms with van der Waals surface area (Å²) in [6.45, 7) is 52.9. The van der Waals surface area contributed by atoms with Gasteiger partial charge in [-0.2, -0.15) is 11.1 Å². The van der Waals surface area contributed by atoms with Crippen LogP contribution >= 0.6 is 34.3 Å². The number of nitrogens with zero attached hydrogens (tertiary/aromatic N) is 2. The summed E-state index contributed by atoms with van der Waals surface area (Å²) >= 11 is 18.7. The molecular weight excluding hydrogens is 1140 g/mol. The summed E-state index contributed by atoms with van der Waals surface area (Å²) in [6.07, 6.45) is -1.07. The summed E-state index contributed by atoms with van der Waals surface area (Å²) in [5.41, 5.74) is 7.92. The molecule has 4 rings (SSSR count). The molecule has 0 aliphatic rings. The number of benzene rings is 4. The summed E-state index contributed by atoms with van der Waals surface area (Å²) in [5.74, 6) is -5.80. The van der Waals surface area contributed by atoms with E-state index in [-0.39, 0.29) is 50.8 Å². The molecule has 0 unspecified atom stereocenters. The van der Waals surface area contributed by atoms with Crippen LogP contribution in [0.25, 0.3) is 9.69 Å². The van der Waals surface area contributed by atoms with Gasteiger partial charge >= 0.3 is 0 Å². The Morgan fingerprint density at radius 1 is 0.662 bits per heavy atom. The van der Waals surface area contributed by atoms with Crippen LogP contribution in [0.4, 0.5) is 20.2 Å². The molecular formula is C59H82Cl3F2N5O8Si3. The highest BCUT2D eigenvalue weighted by Gasteiger charge is 2.42. The number of Topliss-reactive ketones (excluding diaryl/α,β-unsaturated/α-hetero) is 1. The number of nitrogens with one attached hydrogen (secondary N) is 3. The second-order valence-electron chi connectivity index (χ2n) is 24.5. The van der Waals surface area contributed by atoms with E-state index in [2.05, 4.69) is 114 Å². The molecule has 0 spiro atoms. The monoisotopic (exact) mass is 1220 g/mol. The van der Waals surface area contributed by atoms with Crippen molar-refractivity contribution >= 4 is 93.2 Å². The highest BCUT2D eigenvalue weighted by Crippen LogP contribution is 2.41. The average Bonchev–Trinajstić information content (AvgIpc) is 3.33. The van der Waals surface area contributed by atoms with E-state index in [0.29, 0.717) is 39.0 Å². The van der Waals surface area contributed by atoms with Gasteiger partial charge in [-0.25, -0.2) is 18.5 Å². The van der Waals surface area contributed by atoms with Crippen molar-refractivity contribution in [3.05, 3.63) is 139 Å². The number of halogens is 5. The number of aromatic hydroxyl groups is 1. The Balaban J connectivity index is 0.000000506. The maximum atomic E-state index is 15.0. The zero-order valence-corrected chi connectivity index (χ0v) is 55.1. The van der Waals surface area contributed by atoms with Gasteiger partial charge in [0.05, 0.1) is 53.8 Å². The van der Waals surface area contributed by atoms with Crippen LogP contribution in [-0.2, 0) is 26.9 Å². The molecule has 0 saturated heterocycles. The van der Waals surface area contributed by atoms with Crippen molar-refractivity contribution in [3.8, 4) is 11.5 Å².